The molecule has 1 aromatic carbocycles. The van der Waals surface area contributed by atoms with Gasteiger partial charge in [0.2, 0.25) is 0 Å². The number of halogens is 1. The Morgan fingerprint density at radius 2 is 2.28 bits per heavy atom. The summed E-state index contributed by atoms with van der Waals surface area (Å²) < 4.78 is 10.4. The minimum atomic E-state index is 0.642. The van der Waals surface area contributed by atoms with E-state index >= 15 is 0 Å². The zero-order chi connectivity index (χ0) is 12.5. The molecule has 0 aliphatic rings. The van der Waals surface area contributed by atoms with Crippen LogP contribution < -0.4 is 5.32 Å². The van der Waals surface area contributed by atoms with Crippen molar-refractivity contribution in [1.82, 2.24) is 23.6 Å². The molecule has 0 radical (unpaired) electrons. The molecule has 18 heavy (non-hydrogen) atoms. The van der Waals surface area contributed by atoms with Crippen LogP contribution in [0.25, 0.3) is 16.7 Å². The average molecular weight is 280 g/mol. The van der Waals surface area contributed by atoms with Crippen molar-refractivity contribution in [2.75, 3.05) is 7.05 Å². The smallest absolute Gasteiger partial charge is 0.130 e. The second-order valence-corrected chi connectivity index (χ2v) is 4.77. The largest absolute Gasteiger partial charge is 0.314 e. The lowest BCUT2D eigenvalue weighted by molar-refractivity contribution is 0.796. The van der Waals surface area contributed by atoms with Gasteiger partial charge in [-0.25, -0.2) is 4.98 Å². The minimum Gasteiger partial charge on any atom is -0.314 e. The molecule has 0 fully saturated rings. The molecule has 0 atom stereocenters. The number of hydrogen-bond donors (Lipinski definition) is 1. The van der Waals surface area contributed by atoms with E-state index in [9.17, 15) is 0 Å². The molecule has 3 rings (SSSR count). The van der Waals surface area contributed by atoms with E-state index in [4.69, 9.17) is 11.6 Å². The van der Waals surface area contributed by atoms with Gasteiger partial charge in [0, 0.05) is 12.7 Å². The Bertz CT molecular complexity index is 690. The van der Waals surface area contributed by atoms with Gasteiger partial charge in [0.05, 0.1) is 34.5 Å². The van der Waals surface area contributed by atoms with Crippen LogP contribution in [0.15, 0.2) is 24.7 Å². The van der Waals surface area contributed by atoms with E-state index in [1.165, 1.54) is 11.7 Å². The topological polar surface area (TPSA) is 55.6 Å². The number of imidazole rings is 1. The lowest BCUT2D eigenvalue weighted by atomic mass is 10.2. The quantitative estimate of drug-likeness (QED) is 0.799. The summed E-state index contributed by atoms with van der Waals surface area (Å²) in [5.74, 6) is 0. The van der Waals surface area contributed by atoms with Gasteiger partial charge in [-0.3, -0.25) is 0 Å². The highest BCUT2D eigenvalue weighted by molar-refractivity contribution is 7.00. The first-order valence-corrected chi connectivity index (χ1v) is 6.49. The number of nitrogens with zero attached hydrogens (tertiary/aromatic N) is 4. The first-order chi connectivity index (χ1) is 8.79. The van der Waals surface area contributed by atoms with Gasteiger partial charge in [-0.05, 0) is 19.2 Å². The molecule has 2 aromatic heterocycles. The maximum absolute atomic E-state index is 6.25. The molecule has 2 heterocycles. The predicted molar refractivity (Wildman–Crippen MR) is 72.3 cm³/mol. The van der Waals surface area contributed by atoms with Gasteiger partial charge in [0.1, 0.15) is 11.0 Å². The fourth-order valence-corrected chi connectivity index (χ4v) is 2.61. The Kier molecular flexibility index (Phi) is 2.99. The van der Waals surface area contributed by atoms with Crippen LogP contribution >= 0.6 is 23.3 Å². The molecule has 5 nitrogen and oxygen atoms in total. The Morgan fingerprint density at radius 1 is 1.39 bits per heavy atom. The highest BCUT2D eigenvalue weighted by Gasteiger charge is 2.12. The Labute approximate surface area is 113 Å². The normalized spacial score (nSPS) is 11.2. The molecule has 0 unspecified atom stereocenters. The summed E-state index contributed by atoms with van der Waals surface area (Å²) in [6.07, 6.45) is 3.68. The molecule has 7 heteroatoms. The number of nitrogens with one attached hydrogen (secondary N) is 1. The molecule has 0 saturated heterocycles. The fourth-order valence-electron chi connectivity index (χ4n) is 1.82. The summed E-state index contributed by atoms with van der Waals surface area (Å²) in [4.78, 5) is 4.31. The van der Waals surface area contributed by atoms with Crippen molar-refractivity contribution in [2.45, 2.75) is 6.54 Å². The van der Waals surface area contributed by atoms with Gasteiger partial charge in [-0.15, -0.1) is 0 Å². The zero-order valence-corrected chi connectivity index (χ0v) is 11.2. The molecule has 0 aliphatic carbocycles. The number of fused-ring (bicyclic) bond motifs is 1. The number of benzene rings is 1. The second-order valence-electron chi connectivity index (χ2n) is 3.83. The number of aromatic nitrogens is 4. The van der Waals surface area contributed by atoms with Crippen LogP contribution in [0.5, 0.6) is 0 Å². The van der Waals surface area contributed by atoms with Gasteiger partial charge in [0.25, 0.3) is 0 Å². The van der Waals surface area contributed by atoms with Gasteiger partial charge < -0.3 is 9.88 Å². The Morgan fingerprint density at radius 3 is 3.11 bits per heavy atom. The molecule has 0 aliphatic heterocycles. The third kappa shape index (κ3) is 1.88. The standard InChI is InChI=1S/C11H10ClN5S/c1-13-4-7-5-17(6-14-7)11-8(12)2-3-9-10(11)16-18-15-9/h2-3,5-6,13H,4H2,1H3. The maximum atomic E-state index is 6.25. The van der Waals surface area contributed by atoms with Crippen molar-refractivity contribution in [1.29, 1.82) is 0 Å². The van der Waals surface area contributed by atoms with Crippen molar-refractivity contribution in [3.63, 3.8) is 0 Å². The fraction of sp³-hybridized carbons (Fsp3) is 0.182. The molecule has 92 valence electrons. The molecule has 0 saturated carbocycles. The van der Waals surface area contributed by atoms with Crippen LogP contribution in [-0.2, 0) is 6.54 Å². The maximum Gasteiger partial charge on any atom is 0.130 e. The van der Waals surface area contributed by atoms with E-state index in [0.717, 1.165) is 29.0 Å². The first-order valence-electron chi connectivity index (χ1n) is 5.38. The molecule has 0 amide bonds. The van der Waals surface area contributed by atoms with Gasteiger partial charge in [0.15, 0.2) is 0 Å². The molecule has 3 aromatic rings. The van der Waals surface area contributed by atoms with Crippen LogP contribution in [0.4, 0.5) is 0 Å². The zero-order valence-electron chi connectivity index (χ0n) is 9.59. The molecule has 1 N–H and O–H groups in total. The highest BCUT2D eigenvalue weighted by atomic mass is 35.5. The molecular formula is C11H10ClN5S. The summed E-state index contributed by atoms with van der Waals surface area (Å²) in [7, 11) is 1.89. The lowest BCUT2D eigenvalue weighted by Crippen LogP contribution is -2.05. The Hall–Kier alpha value is -1.50. The third-order valence-electron chi connectivity index (χ3n) is 2.60. The van der Waals surface area contributed by atoms with Crippen LogP contribution in [0.3, 0.4) is 0 Å². The summed E-state index contributed by atoms with van der Waals surface area (Å²) in [5, 5.41) is 3.70. The number of hydrogen-bond acceptors (Lipinski definition) is 5. The third-order valence-corrected chi connectivity index (χ3v) is 3.45. The van der Waals surface area contributed by atoms with E-state index < -0.39 is 0 Å². The summed E-state index contributed by atoms with van der Waals surface area (Å²) in [6.45, 7) is 0.718. The first kappa shape index (κ1) is 11.6. The monoisotopic (exact) mass is 279 g/mol. The van der Waals surface area contributed by atoms with Crippen molar-refractivity contribution < 1.29 is 0 Å². The second kappa shape index (κ2) is 4.64. The minimum absolute atomic E-state index is 0.642. The van der Waals surface area contributed by atoms with E-state index in [-0.39, 0.29) is 0 Å². The lowest BCUT2D eigenvalue weighted by Gasteiger charge is -2.04. The Balaban J connectivity index is 2.17. The number of rotatable bonds is 3. The van der Waals surface area contributed by atoms with Gasteiger partial charge in [-0.2, -0.15) is 8.75 Å². The van der Waals surface area contributed by atoms with Crippen LogP contribution in [-0.4, -0.2) is 25.3 Å². The van der Waals surface area contributed by atoms with Crippen molar-refractivity contribution in [3.8, 4) is 5.69 Å². The van der Waals surface area contributed by atoms with E-state index in [1.54, 1.807) is 6.33 Å². The van der Waals surface area contributed by atoms with Crippen LogP contribution in [0, 0.1) is 0 Å². The molecule has 0 bridgehead atoms. The average Bonchev–Trinajstić information content (AvgIpc) is 2.98. The summed E-state index contributed by atoms with van der Waals surface area (Å²) >= 11 is 7.44. The van der Waals surface area contributed by atoms with Crippen molar-refractivity contribution in [3.05, 3.63) is 35.4 Å². The van der Waals surface area contributed by atoms with Crippen molar-refractivity contribution >= 4 is 34.4 Å². The van der Waals surface area contributed by atoms with Crippen LogP contribution in [0.1, 0.15) is 5.69 Å². The predicted octanol–water partition coefficient (Wildman–Crippen LogP) is 2.25. The van der Waals surface area contributed by atoms with Gasteiger partial charge >= 0.3 is 0 Å². The molecule has 0 spiro atoms. The van der Waals surface area contributed by atoms with E-state index in [2.05, 4.69) is 19.0 Å². The van der Waals surface area contributed by atoms with Gasteiger partial charge in [-0.1, -0.05) is 11.6 Å². The van der Waals surface area contributed by atoms with Crippen molar-refractivity contribution in [2.24, 2.45) is 0 Å². The van der Waals surface area contributed by atoms with Crippen LogP contribution in [0.2, 0.25) is 5.02 Å². The highest BCUT2D eigenvalue weighted by Crippen LogP contribution is 2.28. The summed E-state index contributed by atoms with van der Waals surface area (Å²) in [5.41, 5.74) is 3.44. The molecular weight excluding hydrogens is 270 g/mol. The summed E-state index contributed by atoms with van der Waals surface area (Å²) in [6, 6.07) is 3.70. The van der Waals surface area contributed by atoms with E-state index in [0.29, 0.717) is 5.02 Å². The SMILES string of the molecule is CNCc1cn(-c2c(Cl)ccc3nsnc23)cn1. The van der Waals surface area contributed by atoms with E-state index in [1.807, 2.05) is 29.9 Å².